The molecular formula is C15H18O. The minimum Gasteiger partial charge on any atom is -0.508 e. The van der Waals surface area contributed by atoms with Gasteiger partial charge in [0.2, 0.25) is 0 Å². The molecule has 1 aromatic rings. The van der Waals surface area contributed by atoms with Crippen molar-refractivity contribution in [2.24, 2.45) is 0 Å². The summed E-state index contributed by atoms with van der Waals surface area (Å²) >= 11 is 0. The molecule has 0 spiro atoms. The van der Waals surface area contributed by atoms with E-state index in [2.05, 4.69) is 27.0 Å². The molecular weight excluding hydrogens is 196 g/mol. The van der Waals surface area contributed by atoms with Gasteiger partial charge in [0.1, 0.15) is 5.75 Å². The normalized spacial score (nSPS) is 12.2. The Balaban J connectivity index is 3.18. The zero-order valence-corrected chi connectivity index (χ0v) is 9.90. The van der Waals surface area contributed by atoms with Gasteiger partial charge in [0.25, 0.3) is 0 Å². The summed E-state index contributed by atoms with van der Waals surface area (Å²) in [6.07, 6.45) is 5.56. The minimum atomic E-state index is -0.135. The van der Waals surface area contributed by atoms with E-state index in [9.17, 15) is 5.11 Å². The van der Waals surface area contributed by atoms with Gasteiger partial charge in [0, 0.05) is 5.41 Å². The Bertz CT molecular complexity index is 408. The number of phenolic OH excluding ortho intramolecular Hbond substituents is 1. The second-order valence-corrected chi connectivity index (χ2v) is 4.23. The SMILES string of the molecule is C=C/C=C(\C=C)C(C)(C)c1ccc(O)cc1. The van der Waals surface area contributed by atoms with E-state index < -0.39 is 0 Å². The van der Waals surface area contributed by atoms with Crippen molar-refractivity contribution in [2.75, 3.05) is 0 Å². The van der Waals surface area contributed by atoms with Crippen molar-refractivity contribution in [1.82, 2.24) is 0 Å². The maximum absolute atomic E-state index is 9.27. The summed E-state index contributed by atoms with van der Waals surface area (Å²) in [4.78, 5) is 0. The van der Waals surface area contributed by atoms with Crippen molar-refractivity contribution in [3.63, 3.8) is 0 Å². The Kier molecular flexibility index (Phi) is 3.73. The van der Waals surface area contributed by atoms with Crippen molar-refractivity contribution in [2.45, 2.75) is 19.3 Å². The molecule has 1 heteroatoms. The van der Waals surface area contributed by atoms with Gasteiger partial charge >= 0.3 is 0 Å². The Morgan fingerprint density at radius 1 is 1.19 bits per heavy atom. The maximum Gasteiger partial charge on any atom is 0.115 e. The number of aromatic hydroxyl groups is 1. The quantitative estimate of drug-likeness (QED) is 0.752. The van der Waals surface area contributed by atoms with Crippen molar-refractivity contribution in [1.29, 1.82) is 0 Å². The van der Waals surface area contributed by atoms with Crippen LogP contribution >= 0.6 is 0 Å². The van der Waals surface area contributed by atoms with Gasteiger partial charge in [-0.1, -0.05) is 57.4 Å². The third-order valence-electron chi connectivity index (χ3n) is 2.83. The van der Waals surface area contributed by atoms with Gasteiger partial charge in [-0.05, 0) is 23.3 Å². The number of rotatable bonds is 4. The molecule has 1 N–H and O–H groups in total. The second-order valence-electron chi connectivity index (χ2n) is 4.23. The molecule has 0 fully saturated rings. The number of phenols is 1. The van der Waals surface area contributed by atoms with Gasteiger partial charge in [-0.25, -0.2) is 0 Å². The molecule has 0 aromatic heterocycles. The standard InChI is InChI=1S/C15H18O/c1-5-7-12(6-2)15(3,4)13-8-10-14(16)11-9-13/h5-11,16H,1-2H2,3-4H3/b12-7+. The Morgan fingerprint density at radius 3 is 2.19 bits per heavy atom. The summed E-state index contributed by atoms with van der Waals surface area (Å²) in [6, 6.07) is 7.25. The molecule has 0 bridgehead atoms. The lowest BCUT2D eigenvalue weighted by Gasteiger charge is -2.27. The van der Waals surface area contributed by atoms with Crippen molar-refractivity contribution < 1.29 is 5.11 Å². The summed E-state index contributed by atoms with van der Waals surface area (Å²) in [5.74, 6) is 0.285. The first-order chi connectivity index (χ1) is 7.52. The molecule has 0 saturated carbocycles. The van der Waals surface area contributed by atoms with E-state index >= 15 is 0 Å². The molecule has 0 radical (unpaired) electrons. The predicted molar refractivity (Wildman–Crippen MR) is 69.6 cm³/mol. The average molecular weight is 214 g/mol. The lowest BCUT2D eigenvalue weighted by atomic mass is 9.77. The van der Waals surface area contributed by atoms with E-state index in [0.29, 0.717) is 0 Å². The maximum atomic E-state index is 9.27. The summed E-state index contributed by atoms with van der Waals surface area (Å²) < 4.78 is 0. The van der Waals surface area contributed by atoms with Gasteiger partial charge in [0.05, 0.1) is 0 Å². The molecule has 16 heavy (non-hydrogen) atoms. The fourth-order valence-corrected chi connectivity index (χ4v) is 1.70. The molecule has 0 heterocycles. The molecule has 84 valence electrons. The molecule has 1 nitrogen and oxygen atoms in total. The summed E-state index contributed by atoms with van der Waals surface area (Å²) in [5.41, 5.74) is 2.11. The van der Waals surface area contributed by atoms with Crippen LogP contribution in [0.5, 0.6) is 5.75 Å². The Morgan fingerprint density at radius 2 is 1.75 bits per heavy atom. The average Bonchev–Trinajstić information content (AvgIpc) is 2.26. The number of allylic oxidation sites excluding steroid dienone is 4. The van der Waals surface area contributed by atoms with E-state index in [1.54, 1.807) is 18.2 Å². The van der Waals surface area contributed by atoms with Gasteiger partial charge in [-0.2, -0.15) is 0 Å². The molecule has 0 aliphatic heterocycles. The Labute approximate surface area is 97.4 Å². The van der Waals surface area contributed by atoms with E-state index in [1.807, 2.05) is 24.3 Å². The highest BCUT2D eigenvalue weighted by atomic mass is 16.3. The smallest absolute Gasteiger partial charge is 0.115 e. The van der Waals surface area contributed by atoms with Crippen LogP contribution in [-0.2, 0) is 5.41 Å². The number of hydrogen-bond donors (Lipinski definition) is 1. The first kappa shape index (κ1) is 12.3. The first-order valence-electron chi connectivity index (χ1n) is 5.27. The van der Waals surface area contributed by atoms with Crippen LogP contribution in [0.4, 0.5) is 0 Å². The molecule has 0 atom stereocenters. The highest BCUT2D eigenvalue weighted by molar-refractivity contribution is 5.42. The van der Waals surface area contributed by atoms with Gasteiger partial charge in [-0.15, -0.1) is 0 Å². The topological polar surface area (TPSA) is 20.2 Å². The van der Waals surface area contributed by atoms with Crippen molar-refractivity contribution >= 4 is 0 Å². The zero-order chi connectivity index (χ0) is 12.2. The van der Waals surface area contributed by atoms with Gasteiger partial charge in [0.15, 0.2) is 0 Å². The largest absolute Gasteiger partial charge is 0.508 e. The van der Waals surface area contributed by atoms with Crippen molar-refractivity contribution in [3.05, 3.63) is 66.8 Å². The van der Waals surface area contributed by atoms with E-state index in [-0.39, 0.29) is 11.2 Å². The molecule has 0 unspecified atom stereocenters. The van der Waals surface area contributed by atoms with Crippen LogP contribution < -0.4 is 0 Å². The zero-order valence-electron chi connectivity index (χ0n) is 9.90. The lowest BCUT2D eigenvalue weighted by molar-refractivity contribution is 0.474. The first-order valence-corrected chi connectivity index (χ1v) is 5.27. The predicted octanol–water partition coefficient (Wildman–Crippen LogP) is 3.97. The van der Waals surface area contributed by atoms with Crippen molar-refractivity contribution in [3.8, 4) is 5.75 Å². The summed E-state index contributed by atoms with van der Waals surface area (Å²) in [5, 5.41) is 9.27. The van der Waals surface area contributed by atoms with E-state index in [0.717, 1.165) is 11.1 Å². The monoisotopic (exact) mass is 214 g/mol. The third-order valence-corrected chi connectivity index (χ3v) is 2.83. The van der Waals surface area contributed by atoms with E-state index in [1.165, 1.54) is 0 Å². The summed E-state index contributed by atoms with van der Waals surface area (Å²) in [7, 11) is 0. The van der Waals surface area contributed by atoms with Gasteiger partial charge < -0.3 is 5.11 Å². The molecule has 0 amide bonds. The highest BCUT2D eigenvalue weighted by Gasteiger charge is 2.23. The number of benzene rings is 1. The van der Waals surface area contributed by atoms with Crippen LogP contribution in [0.15, 0.2) is 61.2 Å². The van der Waals surface area contributed by atoms with Gasteiger partial charge in [-0.3, -0.25) is 0 Å². The van der Waals surface area contributed by atoms with Crippen LogP contribution in [0.1, 0.15) is 19.4 Å². The second kappa shape index (κ2) is 4.84. The minimum absolute atomic E-state index is 0.135. The molecule has 1 aromatic carbocycles. The molecule has 1 rings (SSSR count). The highest BCUT2D eigenvalue weighted by Crippen LogP contribution is 2.32. The van der Waals surface area contributed by atoms with Crippen LogP contribution in [0.2, 0.25) is 0 Å². The third kappa shape index (κ3) is 2.43. The fourth-order valence-electron chi connectivity index (χ4n) is 1.70. The van der Waals surface area contributed by atoms with Crippen LogP contribution in [0.3, 0.4) is 0 Å². The molecule has 0 saturated heterocycles. The van der Waals surface area contributed by atoms with Crippen LogP contribution in [0.25, 0.3) is 0 Å². The lowest BCUT2D eigenvalue weighted by Crippen LogP contribution is -2.19. The molecule has 0 aliphatic carbocycles. The number of hydrogen-bond acceptors (Lipinski definition) is 1. The fraction of sp³-hybridized carbons (Fsp3) is 0.200. The van der Waals surface area contributed by atoms with E-state index in [4.69, 9.17) is 0 Å². The van der Waals surface area contributed by atoms with Crippen LogP contribution in [0, 0.1) is 0 Å². The summed E-state index contributed by atoms with van der Waals surface area (Å²) in [6.45, 7) is 11.8. The van der Waals surface area contributed by atoms with Crippen LogP contribution in [-0.4, -0.2) is 5.11 Å². The Hall–Kier alpha value is -1.76. The molecule has 0 aliphatic rings.